The van der Waals surface area contributed by atoms with Gasteiger partial charge >= 0.3 is 6.18 Å². The van der Waals surface area contributed by atoms with Crippen molar-refractivity contribution < 1.29 is 21.6 Å². The minimum Gasteiger partial charge on any atom is -0.354 e. The van der Waals surface area contributed by atoms with Gasteiger partial charge in [-0.3, -0.25) is 4.90 Å². The minimum absolute atomic E-state index is 0.159. The molecule has 0 spiro atoms. The van der Waals surface area contributed by atoms with E-state index < -0.39 is 22.7 Å². The Morgan fingerprint density at radius 1 is 1.15 bits per heavy atom. The molecule has 26 heavy (non-hydrogen) atoms. The van der Waals surface area contributed by atoms with E-state index >= 15 is 0 Å². The maximum atomic E-state index is 12.6. The number of aromatic nitrogens is 1. The molecular formula is C16H23F3N4O2S. The monoisotopic (exact) mass is 392 g/mol. The molecule has 0 radical (unpaired) electrons. The summed E-state index contributed by atoms with van der Waals surface area (Å²) in [6.07, 6.45) is -1.13. The lowest BCUT2D eigenvalue weighted by atomic mass is 10.2. The van der Waals surface area contributed by atoms with Crippen molar-refractivity contribution in [2.45, 2.75) is 36.9 Å². The number of nitrogens with zero attached hydrogens (tertiary/aromatic N) is 4. The number of hydrogen-bond acceptors (Lipinski definition) is 5. The van der Waals surface area contributed by atoms with Crippen molar-refractivity contribution in [3.05, 3.63) is 18.3 Å². The summed E-state index contributed by atoms with van der Waals surface area (Å²) in [6, 6.07) is 2.90. The molecular weight excluding hydrogens is 369 g/mol. The maximum absolute atomic E-state index is 12.6. The Morgan fingerprint density at radius 2 is 1.85 bits per heavy atom. The van der Waals surface area contributed by atoms with Crippen LogP contribution in [-0.4, -0.2) is 74.1 Å². The summed E-state index contributed by atoms with van der Waals surface area (Å²) < 4.78 is 64.2. The van der Waals surface area contributed by atoms with E-state index in [-0.39, 0.29) is 17.5 Å². The molecule has 2 aliphatic rings. The van der Waals surface area contributed by atoms with Crippen LogP contribution < -0.4 is 4.90 Å². The summed E-state index contributed by atoms with van der Waals surface area (Å²) in [4.78, 5) is 7.71. The molecule has 1 aromatic rings. The van der Waals surface area contributed by atoms with Gasteiger partial charge in [-0.25, -0.2) is 13.4 Å². The van der Waals surface area contributed by atoms with Crippen LogP contribution in [0, 0.1) is 0 Å². The Kier molecular flexibility index (Phi) is 5.45. The van der Waals surface area contributed by atoms with Gasteiger partial charge in [0.25, 0.3) is 0 Å². The fraction of sp³-hybridized carbons (Fsp3) is 0.688. The summed E-state index contributed by atoms with van der Waals surface area (Å²) in [6.45, 7) is 3.03. The average Bonchev–Trinajstić information content (AvgIpc) is 3.11. The molecule has 3 rings (SSSR count). The van der Waals surface area contributed by atoms with Gasteiger partial charge in [0.2, 0.25) is 10.0 Å². The zero-order chi connectivity index (χ0) is 18.9. The van der Waals surface area contributed by atoms with Crippen LogP contribution in [0.4, 0.5) is 19.0 Å². The smallest absolute Gasteiger partial charge is 0.354 e. The Hall–Kier alpha value is -1.39. The Labute approximate surface area is 151 Å². The normalized spacial score (nSPS) is 23.5. The highest BCUT2D eigenvalue weighted by molar-refractivity contribution is 7.89. The van der Waals surface area contributed by atoms with E-state index in [4.69, 9.17) is 0 Å². The first kappa shape index (κ1) is 19.4. The first-order valence-corrected chi connectivity index (χ1v) is 10.1. The van der Waals surface area contributed by atoms with Crippen molar-refractivity contribution in [2.75, 3.05) is 44.2 Å². The molecule has 2 fully saturated rings. The highest BCUT2D eigenvalue weighted by atomic mass is 32.2. The second-order valence-electron chi connectivity index (χ2n) is 6.84. The zero-order valence-electron chi connectivity index (χ0n) is 14.6. The van der Waals surface area contributed by atoms with Crippen molar-refractivity contribution in [1.29, 1.82) is 0 Å². The van der Waals surface area contributed by atoms with Crippen LogP contribution in [0.1, 0.15) is 19.8 Å². The molecule has 0 saturated carbocycles. The minimum atomic E-state index is -4.21. The summed E-state index contributed by atoms with van der Waals surface area (Å²) in [5, 5.41) is 0. The molecule has 10 heteroatoms. The molecule has 3 heterocycles. The largest absolute Gasteiger partial charge is 0.401 e. The van der Waals surface area contributed by atoms with Gasteiger partial charge in [-0.05, 0) is 31.9 Å². The van der Waals surface area contributed by atoms with Crippen LogP contribution in [0.2, 0.25) is 0 Å². The molecule has 0 aliphatic carbocycles. The summed E-state index contributed by atoms with van der Waals surface area (Å²) in [5.41, 5.74) is 0. The van der Waals surface area contributed by atoms with Gasteiger partial charge in [0, 0.05) is 45.0 Å². The molecule has 1 aromatic heterocycles. The van der Waals surface area contributed by atoms with E-state index in [9.17, 15) is 21.6 Å². The Balaban J connectivity index is 1.66. The van der Waals surface area contributed by atoms with Gasteiger partial charge in [0.1, 0.15) is 10.7 Å². The lowest BCUT2D eigenvalue weighted by molar-refractivity contribution is -0.150. The van der Waals surface area contributed by atoms with Gasteiger partial charge in [-0.2, -0.15) is 17.5 Å². The fourth-order valence-corrected chi connectivity index (χ4v) is 4.92. The van der Waals surface area contributed by atoms with E-state index in [1.54, 1.807) is 13.0 Å². The van der Waals surface area contributed by atoms with Gasteiger partial charge in [0.05, 0.1) is 6.54 Å². The zero-order valence-corrected chi connectivity index (χ0v) is 15.4. The number of pyridine rings is 1. The number of anilines is 1. The van der Waals surface area contributed by atoms with E-state index in [1.807, 2.05) is 4.90 Å². The van der Waals surface area contributed by atoms with Gasteiger partial charge in [0.15, 0.2) is 0 Å². The molecule has 2 saturated heterocycles. The predicted molar refractivity (Wildman–Crippen MR) is 91.5 cm³/mol. The Morgan fingerprint density at radius 3 is 2.38 bits per heavy atom. The third-order valence-corrected chi connectivity index (χ3v) is 6.78. The molecule has 0 N–H and O–H groups in total. The van der Waals surface area contributed by atoms with Gasteiger partial charge in [-0.15, -0.1) is 0 Å². The van der Waals surface area contributed by atoms with Crippen LogP contribution in [0.25, 0.3) is 0 Å². The second kappa shape index (κ2) is 7.32. The molecule has 1 atom stereocenters. The number of rotatable bonds is 4. The standard InChI is InChI=1S/C16H23F3N4O2S/c1-13-11-21(8-9-22(13)12-16(17,18)19)15-5-4-14(10-20-15)26(24,25)23-6-2-3-7-23/h4-5,10,13H,2-3,6-9,11-12H2,1H3. The van der Waals surface area contributed by atoms with E-state index in [0.717, 1.165) is 12.8 Å². The van der Waals surface area contributed by atoms with Crippen molar-refractivity contribution in [3.63, 3.8) is 0 Å². The second-order valence-corrected chi connectivity index (χ2v) is 8.78. The summed E-state index contributed by atoms with van der Waals surface area (Å²) in [7, 11) is -3.51. The summed E-state index contributed by atoms with van der Waals surface area (Å²) in [5.74, 6) is 0.587. The van der Waals surface area contributed by atoms with Crippen molar-refractivity contribution >= 4 is 15.8 Å². The lowest BCUT2D eigenvalue weighted by Gasteiger charge is -2.40. The lowest BCUT2D eigenvalue weighted by Crippen LogP contribution is -2.54. The first-order valence-electron chi connectivity index (χ1n) is 8.69. The van der Waals surface area contributed by atoms with Crippen molar-refractivity contribution in [3.8, 4) is 0 Å². The molecule has 2 aliphatic heterocycles. The quantitative estimate of drug-likeness (QED) is 0.784. The molecule has 0 amide bonds. The van der Waals surface area contributed by atoms with Crippen LogP contribution in [-0.2, 0) is 10.0 Å². The topological polar surface area (TPSA) is 56.8 Å². The van der Waals surface area contributed by atoms with Crippen LogP contribution in [0.15, 0.2) is 23.2 Å². The number of sulfonamides is 1. The van der Waals surface area contributed by atoms with Crippen LogP contribution in [0.5, 0.6) is 0 Å². The molecule has 1 unspecified atom stereocenters. The molecule has 146 valence electrons. The highest BCUT2D eigenvalue weighted by Crippen LogP contribution is 2.24. The van der Waals surface area contributed by atoms with E-state index in [2.05, 4.69) is 4.98 Å². The maximum Gasteiger partial charge on any atom is 0.401 e. The molecule has 0 bridgehead atoms. The number of piperazine rings is 1. The summed E-state index contributed by atoms with van der Waals surface area (Å²) >= 11 is 0. The SMILES string of the molecule is CC1CN(c2ccc(S(=O)(=O)N3CCCC3)cn2)CCN1CC(F)(F)F. The third-order valence-electron chi connectivity index (χ3n) is 4.89. The highest BCUT2D eigenvalue weighted by Gasteiger charge is 2.35. The average molecular weight is 392 g/mol. The van der Waals surface area contributed by atoms with Crippen LogP contribution >= 0.6 is 0 Å². The molecule has 6 nitrogen and oxygen atoms in total. The van der Waals surface area contributed by atoms with Crippen LogP contribution in [0.3, 0.4) is 0 Å². The number of hydrogen-bond donors (Lipinski definition) is 0. The molecule has 0 aromatic carbocycles. The van der Waals surface area contributed by atoms with Crippen molar-refractivity contribution in [2.24, 2.45) is 0 Å². The predicted octanol–water partition coefficient (Wildman–Crippen LogP) is 1.94. The van der Waals surface area contributed by atoms with E-state index in [1.165, 1.54) is 21.5 Å². The third kappa shape index (κ3) is 4.29. The first-order chi connectivity index (χ1) is 12.2. The van der Waals surface area contributed by atoms with Crippen molar-refractivity contribution in [1.82, 2.24) is 14.2 Å². The fourth-order valence-electron chi connectivity index (χ4n) is 3.46. The number of alkyl halides is 3. The number of halogens is 3. The Bertz CT molecular complexity index is 718. The van der Waals surface area contributed by atoms with Gasteiger partial charge < -0.3 is 4.90 Å². The van der Waals surface area contributed by atoms with Gasteiger partial charge in [-0.1, -0.05) is 0 Å². The van der Waals surface area contributed by atoms with E-state index in [0.29, 0.717) is 32.0 Å².